The maximum atomic E-state index is 5.97. The lowest BCUT2D eigenvalue weighted by Crippen LogP contribution is -2.00. The fraction of sp³-hybridized carbons (Fsp3) is 0.500. The number of allylic oxidation sites excluding steroid dienone is 2. The van der Waals surface area contributed by atoms with Gasteiger partial charge in [-0.15, -0.1) is 23.5 Å². The molecule has 86 valence electrons. The highest BCUT2D eigenvalue weighted by Gasteiger charge is 2.12. The van der Waals surface area contributed by atoms with Gasteiger partial charge in [0.25, 0.3) is 0 Å². The summed E-state index contributed by atoms with van der Waals surface area (Å²) in [7, 11) is 0. The number of ether oxygens (including phenoxy) is 1. The molecule has 0 atom stereocenters. The van der Waals surface area contributed by atoms with Crippen molar-refractivity contribution in [1.29, 1.82) is 0 Å². The van der Waals surface area contributed by atoms with Crippen molar-refractivity contribution in [2.45, 2.75) is 0 Å². The minimum atomic E-state index is 0.308. The van der Waals surface area contributed by atoms with E-state index in [0.717, 1.165) is 11.5 Å². The van der Waals surface area contributed by atoms with Crippen molar-refractivity contribution >= 4 is 69.9 Å². The molecule has 15 heavy (non-hydrogen) atoms. The molecule has 1 heterocycles. The van der Waals surface area contributed by atoms with Gasteiger partial charge in [-0.05, 0) is 0 Å². The van der Waals surface area contributed by atoms with Gasteiger partial charge in [0.1, 0.15) is 0 Å². The lowest BCUT2D eigenvalue weighted by Gasteiger charge is -2.03. The summed E-state index contributed by atoms with van der Waals surface area (Å²) in [5.74, 6) is 1.50. The van der Waals surface area contributed by atoms with Gasteiger partial charge >= 0.3 is 0 Å². The molecule has 0 bridgehead atoms. The predicted molar refractivity (Wildman–Crippen MR) is 73.2 cm³/mol. The third-order valence-electron chi connectivity index (χ3n) is 1.45. The minimum Gasteiger partial charge on any atom is -0.380 e. The van der Waals surface area contributed by atoms with E-state index in [-0.39, 0.29) is 0 Å². The van der Waals surface area contributed by atoms with E-state index >= 15 is 0 Å². The van der Waals surface area contributed by atoms with Crippen molar-refractivity contribution in [1.82, 2.24) is 0 Å². The minimum absolute atomic E-state index is 0.308. The maximum Gasteiger partial charge on any atom is 0.0938 e. The summed E-state index contributed by atoms with van der Waals surface area (Å²) in [4.78, 5) is 0. The number of hydrogen-bond acceptors (Lipinski definition) is 3. The molecule has 0 spiro atoms. The van der Waals surface area contributed by atoms with Crippen LogP contribution in [0, 0.1) is 0 Å². The summed E-state index contributed by atoms with van der Waals surface area (Å²) in [5.41, 5.74) is 0. The molecule has 0 aromatic carbocycles. The second kappa shape index (κ2) is 7.59. The Morgan fingerprint density at radius 1 is 0.800 bits per heavy atom. The predicted octanol–water partition coefficient (Wildman–Crippen LogP) is 4.78. The quantitative estimate of drug-likeness (QED) is 0.634. The van der Waals surface area contributed by atoms with Crippen molar-refractivity contribution in [2.75, 3.05) is 24.7 Å². The highest BCUT2D eigenvalue weighted by molar-refractivity contribution is 8.05. The molecule has 0 unspecified atom stereocenters. The summed E-state index contributed by atoms with van der Waals surface area (Å²) < 4.78 is 6.24. The molecule has 0 aromatic heterocycles. The zero-order valence-electron chi connectivity index (χ0n) is 7.57. The lowest BCUT2D eigenvalue weighted by atomic mass is 10.6. The Morgan fingerprint density at radius 3 is 1.60 bits per heavy atom. The summed E-state index contributed by atoms with van der Waals surface area (Å²) in [6.07, 6.45) is 0. The summed E-state index contributed by atoms with van der Waals surface area (Å²) in [6, 6.07) is 0. The summed E-state index contributed by atoms with van der Waals surface area (Å²) in [6.45, 7) is 1.28. The van der Waals surface area contributed by atoms with E-state index in [4.69, 9.17) is 51.1 Å². The molecule has 0 radical (unpaired) electrons. The van der Waals surface area contributed by atoms with Crippen molar-refractivity contribution in [3.8, 4) is 0 Å². The third kappa shape index (κ3) is 4.99. The maximum absolute atomic E-state index is 5.97. The van der Waals surface area contributed by atoms with Gasteiger partial charge in [0.05, 0.1) is 32.0 Å². The van der Waals surface area contributed by atoms with E-state index < -0.39 is 0 Å². The SMILES string of the molecule is Cl/C1=C(Cl)/C(Cl)=C(\Cl)SCCOCCS1. The third-order valence-corrected chi connectivity index (χ3v) is 5.41. The van der Waals surface area contributed by atoms with Gasteiger partial charge < -0.3 is 4.74 Å². The van der Waals surface area contributed by atoms with E-state index in [1.54, 1.807) is 0 Å². The molecule has 0 aromatic rings. The van der Waals surface area contributed by atoms with Crippen LogP contribution in [0.4, 0.5) is 0 Å². The molecule has 1 nitrogen and oxygen atoms in total. The van der Waals surface area contributed by atoms with Gasteiger partial charge in [-0.25, -0.2) is 0 Å². The average molecular weight is 326 g/mol. The van der Waals surface area contributed by atoms with Crippen LogP contribution >= 0.6 is 69.9 Å². The van der Waals surface area contributed by atoms with E-state index in [1.807, 2.05) is 0 Å². The first-order valence-electron chi connectivity index (χ1n) is 4.07. The molecule has 0 amide bonds. The van der Waals surface area contributed by atoms with Crippen LogP contribution in [0.2, 0.25) is 0 Å². The molecular formula is C8H8Cl4OS2. The van der Waals surface area contributed by atoms with Crippen LogP contribution in [0.3, 0.4) is 0 Å². The Morgan fingerprint density at radius 2 is 1.20 bits per heavy atom. The lowest BCUT2D eigenvalue weighted by molar-refractivity contribution is 0.167. The summed E-state index contributed by atoms with van der Waals surface area (Å²) >= 11 is 26.6. The van der Waals surface area contributed by atoms with Crippen molar-refractivity contribution in [3.63, 3.8) is 0 Å². The Labute approximate surface area is 117 Å². The van der Waals surface area contributed by atoms with Crippen LogP contribution in [0.15, 0.2) is 18.8 Å². The van der Waals surface area contributed by atoms with Crippen molar-refractivity contribution in [2.24, 2.45) is 0 Å². The molecule has 0 N–H and O–H groups in total. The first-order valence-corrected chi connectivity index (χ1v) is 7.55. The highest BCUT2D eigenvalue weighted by atomic mass is 35.5. The van der Waals surface area contributed by atoms with Gasteiger partial charge in [0.2, 0.25) is 0 Å². The smallest absolute Gasteiger partial charge is 0.0938 e. The largest absolute Gasteiger partial charge is 0.380 e. The van der Waals surface area contributed by atoms with Crippen molar-refractivity contribution < 1.29 is 4.74 Å². The Balaban J connectivity index is 2.85. The normalized spacial score (nSPS) is 31.2. The molecule has 0 saturated heterocycles. The van der Waals surface area contributed by atoms with Crippen molar-refractivity contribution in [3.05, 3.63) is 18.8 Å². The van der Waals surface area contributed by atoms with E-state index in [2.05, 4.69) is 0 Å². The van der Waals surface area contributed by atoms with Gasteiger partial charge in [-0.2, -0.15) is 0 Å². The van der Waals surface area contributed by atoms with Gasteiger partial charge in [0.15, 0.2) is 0 Å². The first kappa shape index (κ1) is 14.4. The Kier molecular flexibility index (Phi) is 7.27. The van der Waals surface area contributed by atoms with Gasteiger partial charge in [-0.1, -0.05) is 46.4 Å². The molecule has 1 rings (SSSR count). The Bertz CT molecular complexity index is 262. The highest BCUT2D eigenvalue weighted by Crippen LogP contribution is 2.38. The average Bonchev–Trinajstić information content (AvgIpc) is 2.25. The molecule has 0 saturated carbocycles. The second-order valence-electron chi connectivity index (χ2n) is 2.48. The van der Waals surface area contributed by atoms with E-state index in [9.17, 15) is 0 Å². The number of halogens is 4. The van der Waals surface area contributed by atoms with Crippen LogP contribution in [-0.4, -0.2) is 24.7 Å². The van der Waals surface area contributed by atoms with Gasteiger partial charge in [0, 0.05) is 11.5 Å². The Hall–Kier alpha value is 1.30. The zero-order valence-corrected chi connectivity index (χ0v) is 12.2. The number of rotatable bonds is 0. The molecule has 1 aliphatic heterocycles. The van der Waals surface area contributed by atoms with Crippen LogP contribution < -0.4 is 0 Å². The van der Waals surface area contributed by atoms with Gasteiger partial charge in [-0.3, -0.25) is 0 Å². The molecule has 0 aliphatic carbocycles. The molecule has 1 aliphatic rings. The fourth-order valence-corrected chi connectivity index (χ4v) is 3.38. The molecule has 0 fully saturated rings. The van der Waals surface area contributed by atoms with Crippen LogP contribution in [-0.2, 0) is 4.74 Å². The monoisotopic (exact) mass is 324 g/mol. The summed E-state index contributed by atoms with van der Waals surface area (Å²) in [5, 5.41) is 0.616. The van der Waals surface area contributed by atoms with E-state index in [1.165, 1.54) is 23.5 Å². The molecular weight excluding hydrogens is 318 g/mol. The van der Waals surface area contributed by atoms with Crippen LogP contribution in [0.25, 0.3) is 0 Å². The standard InChI is InChI=1S/C8H8Cl4OS2/c9-5-6(10)8(12)15-4-2-13-1-3-14-7(5)11/h1-4H2/b7-5-,8-6+. The van der Waals surface area contributed by atoms with Crippen LogP contribution in [0.1, 0.15) is 0 Å². The number of thioether (sulfide) groups is 2. The van der Waals surface area contributed by atoms with E-state index in [0.29, 0.717) is 32.0 Å². The van der Waals surface area contributed by atoms with Crippen LogP contribution in [0.5, 0.6) is 0 Å². The zero-order chi connectivity index (χ0) is 11.3. The topological polar surface area (TPSA) is 9.23 Å². The number of hydrogen-bond donors (Lipinski definition) is 0. The first-order chi connectivity index (χ1) is 7.13. The molecule has 7 heteroatoms. The fourth-order valence-electron chi connectivity index (χ4n) is 0.782. The second-order valence-corrected chi connectivity index (χ2v) is 6.66.